The van der Waals surface area contributed by atoms with E-state index in [0.29, 0.717) is 5.56 Å². The fourth-order valence-corrected chi connectivity index (χ4v) is 6.70. The minimum atomic E-state index is -4.50. The number of aliphatic hydroxyl groups is 10. The molecule has 1 aromatic rings. The summed E-state index contributed by atoms with van der Waals surface area (Å²) in [7, 11) is 0. The molecule has 4 saturated heterocycles. The van der Waals surface area contributed by atoms with Crippen LogP contribution < -0.4 is 0 Å². The van der Waals surface area contributed by atoms with Gasteiger partial charge in [0.05, 0.1) is 44.2 Å². The van der Waals surface area contributed by atoms with Gasteiger partial charge in [-0.15, -0.1) is 0 Å². The van der Waals surface area contributed by atoms with E-state index in [4.69, 9.17) is 33.2 Å². The Balaban J connectivity index is 1.22. The van der Waals surface area contributed by atoms with Crippen molar-refractivity contribution >= 4 is 0 Å². The molecule has 10 N–H and O–H groups in total. The first-order valence-electron chi connectivity index (χ1n) is 17.1. The molecule has 0 saturated carbocycles. The molecule has 21 heteroatoms. The fraction of sp³-hybridized carbons (Fsp3) is 0.812. The lowest BCUT2D eigenvalue weighted by molar-refractivity contribution is -0.352. The van der Waals surface area contributed by atoms with Crippen LogP contribution in [0.4, 0.5) is 13.2 Å². The van der Waals surface area contributed by atoms with Crippen LogP contribution in [-0.2, 0) is 45.9 Å². The lowest BCUT2D eigenvalue weighted by Gasteiger charge is -2.47. The molecule has 4 fully saturated rings. The van der Waals surface area contributed by atoms with Gasteiger partial charge in [0.25, 0.3) is 0 Å². The summed E-state index contributed by atoms with van der Waals surface area (Å²) >= 11 is 0. The number of benzene rings is 1. The molecule has 53 heavy (non-hydrogen) atoms. The molecule has 18 nitrogen and oxygen atoms in total. The van der Waals surface area contributed by atoms with Crippen LogP contribution in [0.2, 0.25) is 0 Å². The summed E-state index contributed by atoms with van der Waals surface area (Å²) in [5.74, 6) is 0. The predicted octanol–water partition coefficient (Wildman–Crippen LogP) is -4.24. The molecular formula is C32H48F3NO17. The number of hydrogen-bond donors (Lipinski definition) is 10. The number of aliphatic hydroxyl groups excluding tert-OH is 10. The van der Waals surface area contributed by atoms with Crippen LogP contribution >= 0.6 is 0 Å². The second kappa shape index (κ2) is 18.0. The van der Waals surface area contributed by atoms with E-state index in [0.717, 1.165) is 12.1 Å². The van der Waals surface area contributed by atoms with Crippen molar-refractivity contribution in [2.24, 2.45) is 0 Å². The summed E-state index contributed by atoms with van der Waals surface area (Å²) in [6.45, 7) is -0.718. The molecule has 4 heterocycles. The van der Waals surface area contributed by atoms with E-state index in [9.17, 15) is 64.2 Å². The Hall–Kier alpha value is -1.71. The van der Waals surface area contributed by atoms with Gasteiger partial charge >= 0.3 is 6.18 Å². The van der Waals surface area contributed by atoms with Crippen molar-refractivity contribution in [1.82, 2.24) is 4.90 Å². The van der Waals surface area contributed by atoms with Gasteiger partial charge in [0.15, 0.2) is 18.9 Å². The SMILES string of the molecule is CC1OC(COC2OC(CO)C(O)C(OC3CN(Cc4ccc(C(F)(F)F)cc4)CC(CO)O3)C2O)C(O)C(OC2OC(CO)C(O)C(O)C2O)C1O. The van der Waals surface area contributed by atoms with E-state index < -0.39 is 142 Å². The van der Waals surface area contributed by atoms with Crippen LogP contribution in [0.3, 0.4) is 0 Å². The topological polar surface area (TPSA) is 270 Å². The highest BCUT2D eigenvalue weighted by molar-refractivity contribution is 5.24. The Morgan fingerprint density at radius 3 is 1.89 bits per heavy atom. The highest BCUT2D eigenvalue weighted by Gasteiger charge is 2.52. The number of alkyl halides is 3. The van der Waals surface area contributed by atoms with Gasteiger partial charge in [-0.1, -0.05) is 12.1 Å². The summed E-state index contributed by atoms with van der Waals surface area (Å²) in [5.41, 5.74) is -0.279. The molecule has 0 bridgehead atoms. The average molecular weight is 776 g/mol. The van der Waals surface area contributed by atoms with Crippen molar-refractivity contribution in [3.63, 3.8) is 0 Å². The molecule has 0 spiro atoms. The quantitative estimate of drug-likeness (QED) is 0.0964. The summed E-state index contributed by atoms with van der Waals surface area (Å²) in [5, 5.41) is 104. The fourth-order valence-electron chi connectivity index (χ4n) is 6.70. The van der Waals surface area contributed by atoms with Gasteiger partial charge in [0.2, 0.25) is 0 Å². The lowest BCUT2D eigenvalue weighted by Crippen LogP contribution is -2.65. The van der Waals surface area contributed by atoms with Crippen LogP contribution in [0.1, 0.15) is 18.1 Å². The molecule has 17 unspecified atom stereocenters. The summed E-state index contributed by atoms with van der Waals surface area (Å²) in [6.07, 6.45) is -29.7. The van der Waals surface area contributed by atoms with Gasteiger partial charge in [-0.2, -0.15) is 13.2 Å². The summed E-state index contributed by atoms with van der Waals surface area (Å²) in [4.78, 5) is 1.74. The number of nitrogens with zero attached hydrogens (tertiary/aromatic N) is 1. The molecule has 0 aromatic heterocycles. The first-order chi connectivity index (χ1) is 25.1. The molecule has 1 aromatic carbocycles. The molecule has 5 rings (SSSR count). The number of ether oxygens (including phenoxy) is 7. The highest BCUT2D eigenvalue weighted by Crippen LogP contribution is 2.32. The molecule has 0 amide bonds. The van der Waals surface area contributed by atoms with Gasteiger partial charge in [-0.25, -0.2) is 0 Å². The molecular weight excluding hydrogens is 727 g/mol. The Bertz CT molecular complexity index is 1280. The van der Waals surface area contributed by atoms with Crippen LogP contribution in [-0.4, -0.2) is 200 Å². The third kappa shape index (κ3) is 9.82. The normalized spacial score (nSPS) is 43.2. The third-order valence-electron chi connectivity index (χ3n) is 9.72. The second-order valence-electron chi connectivity index (χ2n) is 13.6. The zero-order valence-corrected chi connectivity index (χ0v) is 28.5. The van der Waals surface area contributed by atoms with Gasteiger partial charge < -0.3 is 84.2 Å². The van der Waals surface area contributed by atoms with Crippen LogP contribution in [0.15, 0.2) is 24.3 Å². The predicted molar refractivity (Wildman–Crippen MR) is 166 cm³/mol. The van der Waals surface area contributed by atoms with Crippen LogP contribution in [0.25, 0.3) is 0 Å². The van der Waals surface area contributed by atoms with Crippen LogP contribution in [0.5, 0.6) is 0 Å². The third-order valence-corrected chi connectivity index (χ3v) is 9.72. The molecule has 17 atom stereocenters. The maximum Gasteiger partial charge on any atom is 0.416 e. The van der Waals surface area contributed by atoms with Crippen molar-refractivity contribution in [3.8, 4) is 0 Å². The maximum absolute atomic E-state index is 13.0. The van der Waals surface area contributed by atoms with E-state index in [-0.39, 0.29) is 19.6 Å². The van der Waals surface area contributed by atoms with Crippen molar-refractivity contribution in [2.45, 2.75) is 124 Å². The highest BCUT2D eigenvalue weighted by atomic mass is 19.4. The van der Waals surface area contributed by atoms with E-state index in [2.05, 4.69) is 0 Å². The number of morpholine rings is 1. The Labute approximate surface area is 301 Å². The van der Waals surface area contributed by atoms with Crippen molar-refractivity contribution in [1.29, 1.82) is 0 Å². The first kappa shape index (κ1) is 42.4. The second-order valence-corrected chi connectivity index (χ2v) is 13.6. The van der Waals surface area contributed by atoms with Gasteiger partial charge in [0, 0.05) is 19.6 Å². The van der Waals surface area contributed by atoms with Crippen molar-refractivity contribution in [2.75, 3.05) is 39.5 Å². The van der Waals surface area contributed by atoms with E-state index in [1.165, 1.54) is 19.1 Å². The van der Waals surface area contributed by atoms with Gasteiger partial charge in [-0.3, -0.25) is 4.90 Å². The smallest absolute Gasteiger partial charge is 0.394 e. The molecule has 0 radical (unpaired) electrons. The van der Waals surface area contributed by atoms with E-state index in [1.807, 2.05) is 0 Å². The minimum Gasteiger partial charge on any atom is -0.394 e. The maximum atomic E-state index is 13.0. The van der Waals surface area contributed by atoms with Gasteiger partial charge in [-0.05, 0) is 24.6 Å². The standard InChI is InChI=1S/C32H48F3NO17/c1-13-21(40)28(53-31-26(45)25(44)22(41)17(10-38)51-31)24(43)19(48-13)12-47-30-27(46)29(23(42)18(11-39)50-30)52-20-8-36(7-16(9-37)49-20)6-14-2-4-15(5-3-14)32(33,34)35/h2-5,13,16-31,37-46H,6-12H2,1H3. The Morgan fingerprint density at radius 1 is 0.660 bits per heavy atom. The number of halogens is 3. The zero-order chi connectivity index (χ0) is 38.8. The number of rotatable bonds is 12. The Morgan fingerprint density at radius 2 is 1.26 bits per heavy atom. The monoisotopic (exact) mass is 775 g/mol. The zero-order valence-electron chi connectivity index (χ0n) is 28.5. The van der Waals surface area contributed by atoms with E-state index >= 15 is 0 Å². The van der Waals surface area contributed by atoms with Crippen molar-refractivity contribution < 1.29 is 97.4 Å². The van der Waals surface area contributed by atoms with Gasteiger partial charge in [0.1, 0.15) is 73.2 Å². The molecule has 4 aliphatic rings. The minimum absolute atomic E-state index is 0.00178. The first-order valence-corrected chi connectivity index (χ1v) is 17.1. The molecule has 0 aliphatic carbocycles. The lowest BCUT2D eigenvalue weighted by atomic mass is 9.94. The summed E-state index contributed by atoms with van der Waals surface area (Å²) < 4.78 is 78.8. The Kier molecular flexibility index (Phi) is 14.4. The van der Waals surface area contributed by atoms with Crippen LogP contribution in [0, 0.1) is 0 Å². The van der Waals surface area contributed by atoms with Crippen molar-refractivity contribution in [3.05, 3.63) is 35.4 Å². The largest absolute Gasteiger partial charge is 0.416 e. The van der Waals surface area contributed by atoms with E-state index in [1.54, 1.807) is 4.90 Å². The number of hydrogen-bond acceptors (Lipinski definition) is 18. The summed E-state index contributed by atoms with van der Waals surface area (Å²) in [6, 6.07) is 4.54. The molecule has 4 aliphatic heterocycles. The average Bonchev–Trinajstić information content (AvgIpc) is 3.13. The molecule has 304 valence electrons.